The number of carbonyl (C=O) groups excluding carboxylic acids is 1. The molecule has 1 aromatic rings. The summed E-state index contributed by atoms with van der Waals surface area (Å²) in [4.78, 5) is 18.1. The van der Waals surface area contributed by atoms with Gasteiger partial charge in [-0.2, -0.15) is 0 Å². The van der Waals surface area contributed by atoms with Gasteiger partial charge in [0.15, 0.2) is 11.6 Å². The third-order valence-electron chi connectivity index (χ3n) is 3.25. The van der Waals surface area contributed by atoms with E-state index in [9.17, 15) is 9.18 Å². The maximum absolute atomic E-state index is 14.3. The van der Waals surface area contributed by atoms with E-state index in [2.05, 4.69) is 10.3 Å². The lowest BCUT2D eigenvalue weighted by molar-refractivity contribution is 0.0675. The molecule has 1 saturated carbocycles. The minimum atomic E-state index is -0.581. The monoisotopic (exact) mass is 281 g/mol. The highest BCUT2D eigenvalue weighted by Gasteiger charge is 2.34. The summed E-state index contributed by atoms with van der Waals surface area (Å²) in [6, 6.07) is 1.65. The summed E-state index contributed by atoms with van der Waals surface area (Å²) in [5.41, 5.74) is 0.0685. The smallest absolute Gasteiger partial charge is 0.257 e. The van der Waals surface area contributed by atoms with Crippen molar-refractivity contribution in [3.8, 4) is 0 Å². The molecule has 0 radical (unpaired) electrons. The molecule has 1 aromatic heterocycles. The average molecular weight is 281 g/mol. The highest BCUT2D eigenvalue weighted by atomic mass is 19.1. The van der Waals surface area contributed by atoms with Gasteiger partial charge < -0.3 is 15.0 Å². The van der Waals surface area contributed by atoms with Crippen molar-refractivity contribution in [1.29, 1.82) is 0 Å². The van der Waals surface area contributed by atoms with E-state index in [1.807, 2.05) is 6.92 Å². The highest BCUT2D eigenvalue weighted by Crippen LogP contribution is 2.29. The van der Waals surface area contributed by atoms with Crippen LogP contribution >= 0.6 is 0 Å². The van der Waals surface area contributed by atoms with E-state index in [0.717, 1.165) is 12.8 Å². The van der Waals surface area contributed by atoms with Crippen LogP contribution in [0.5, 0.6) is 0 Å². The molecule has 6 heteroatoms. The average Bonchev–Trinajstić information content (AvgIpc) is 3.26. The number of ether oxygens (including phenoxy) is 1. The molecule has 1 N–H and O–H groups in total. The molecule has 1 heterocycles. The van der Waals surface area contributed by atoms with Crippen LogP contribution in [0, 0.1) is 5.82 Å². The van der Waals surface area contributed by atoms with E-state index >= 15 is 0 Å². The van der Waals surface area contributed by atoms with Gasteiger partial charge in [-0.3, -0.25) is 4.79 Å². The normalized spacial score (nSPS) is 14.2. The molecule has 1 fully saturated rings. The molecule has 2 rings (SSSR count). The number of rotatable bonds is 7. The van der Waals surface area contributed by atoms with E-state index in [0.29, 0.717) is 19.7 Å². The first-order valence-corrected chi connectivity index (χ1v) is 6.87. The summed E-state index contributed by atoms with van der Waals surface area (Å²) >= 11 is 0. The van der Waals surface area contributed by atoms with E-state index in [1.54, 1.807) is 12.0 Å². The molecule has 0 unspecified atom stereocenters. The van der Waals surface area contributed by atoms with Crippen LogP contribution in [-0.4, -0.2) is 48.6 Å². The Morgan fingerprint density at radius 3 is 2.95 bits per heavy atom. The quantitative estimate of drug-likeness (QED) is 0.829. The third kappa shape index (κ3) is 3.25. The van der Waals surface area contributed by atoms with Crippen LogP contribution in [0.2, 0.25) is 0 Å². The van der Waals surface area contributed by atoms with Crippen molar-refractivity contribution in [2.75, 3.05) is 32.1 Å². The lowest BCUT2D eigenvalue weighted by Gasteiger charge is -2.22. The van der Waals surface area contributed by atoms with Gasteiger partial charge in [-0.05, 0) is 25.8 Å². The molecule has 0 aliphatic heterocycles. The van der Waals surface area contributed by atoms with Crippen molar-refractivity contribution in [2.45, 2.75) is 25.8 Å². The van der Waals surface area contributed by atoms with Crippen LogP contribution in [0.15, 0.2) is 12.3 Å². The van der Waals surface area contributed by atoms with Gasteiger partial charge >= 0.3 is 0 Å². The van der Waals surface area contributed by atoms with Crippen LogP contribution < -0.4 is 5.32 Å². The number of hydrogen-bond donors (Lipinski definition) is 1. The van der Waals surface area contributed by atoms with Crippen LogP contribution in [-0.2, 0) is 4.74 Å². The van der Waals surface area contributed by atoms with Gasteiger partial charge in [-0.25, -0.2) is 9.37 Å². The summed E-state index contributed by atoms with van der Waals surface area (Å²) in [5.74, 6) is -0.744. The van der Waals surface area contributed by atoms with Crippen molar-refractivity contribution in [2.24, 2.45) is 0 Å². The zero-order valence-electron chi connectivity index (χ0n) is 11.9. The summed E-state index contributed by atoms with van der Waals surface area (Å²) < 4.78 is 19.3. The molecule has 0 atom stereocenters. The Morgan fingerprint density at radius 2 is 2.35 bits per heavy atom. The first-order valence-electron chi connectivity index (χ1n) is 6.87. The molecular formula is C14H20FN3O2. The number of methoxy groups -OCH3 is 1. The van der Waals surface area contributed by atoms with E-state index in [1.165, 1.54) is 12.3 Å². The Hall–Kier alpha value is -1.69. The second-order valence-corrected chi connectivity index (χ2v) is 4.77. The molecule has 0 bridgehead atoms. The molecule has 0 spiro atoms. The van der Waals surface area contributed by atoms with E-state index < -0.39 is 5.82 Å². The fraction of sp³-hybridized carbons (Fsp3) is 0.571. The van der Waals surface area contributed by atoms with Gasteiger partial charge in [0.2, 0.25) is 0 Å². The maximum Gasteiger partial charge on any atom is 0.257 e. The summed E-state index contributed by atoms with van der Waals surface area (Å²) in [6.07, 6.45) is 3.40. The number of aromatic nitrogens is 1. The number of hydrogen-bond acceptors (Lipinski definition) is 4. The Morgan fingerprint density at radius 1 is 1.60 bits per heavy atom. The van der Waals surface area contributed by atoms with Gasteiger partial charge in [-0.15, -0.1) is 0 Å². The van der Waals surface area contributed by atoms with Crippen molar-refractivity contribution in [3.05, 3.63) is 23.6 Å². The highest BCUT2D eigenvalue weighted by molar-refractivity contribution is 5.95. The number of pyridine rings is 1. The summed E-state index contributed by atoms with van der Waals surface area (Å²) in [5, 5.41) is 2.82. The number of anilines is 1. The zero-order valence-corrected chi connectivity index (χ0v) is 11.9. The second kappa shape index (κ2) is 6.65. The summed E-state index contributed by atoms with van der Waals surface area (Å²) in [7, 11) is 1.59. The number of amides is 1. The van der Waals surface area contributed by atoms with Crippen molar-refractivity contribution < 1.29 is 13.9 Å². The number of nitrogens with one attached hydrogen (secondary N) is 1. The third-order valence-corrected chi connectivity index (χ3v) is 3.25. The standard InChI is InChI=1S/C14H20FN3O2/c1-3-16-13-12(15)11(6-7-17-13)14(19)18(8-9-20-2)10-4-5-10/h6-7,10H,3-5,8-9H2,1-2H3,(H,16,17). The SMILES string of the molecule is CCNc1nccc(C(=O)N(CCOC)C2CC2)c1F. The van der Waals surface area contributed by atoms with Gasteiger partial charge in [-0.1, -0.05) is 0 Å². The minimum absolute atomic E-state index is 0.0685. The van der Waals surface area contributed by atoms with E-state index in [-0.39, 0.29) is 23.3 Å². The van der Waals surface area contributed by atoms with Crippen molar-refractivity contribution in [3.63, 3.8) is 0 Å². The fourth-order valence-electron chi connectivity index (χ4n) is 2.08. The largest absolute Gasteiger partial charge is 0.383 e. The van der Waals surface area contributed by atoms with Crippen LogP contribution in [0.1, 0.15) is 30.1 Å². The van der Waals surface area contributed by atoms with E-state index in [4.69, 9.17) is 4.74 Å². The van der Waals surface area contributed by atoms with Gasteiger partial charge in [0.05, 0.1) is 12.2 Å². The molecule has 1 aliphatic carbocycles. The molecule has 0 aromatic carbocycles. The molecule has 1 amide bonds. The van der Waals surface area contributed by atoms with Crippen LogP contribution in [0.3, 0.4) is 0 Å². The predicted molar refractivity (Wildman–Crippen MR) is 74.3 cm³/mol. The minimum Gasteiger partial charge on any atom is -0.383 e. The Kier molecular flexibility index (Phi) is 4.89. The Labute approximate surface area is 118 Å². The second-order valence-electron chi connectivity index (χ2n) is 4.77. The molecule has 0 saturated heterocycles. The maximum atomic E-state index is 14.3. The summed E-state index contributed by atoms with van der Waals surface area (Å²) in [6.45, 7) is 3.34. The van der Waals surface area contributed by atoms with Crippen LogP contribution in [0.25, 0.3) is 0 Å². The molecule has 1 aliphatic rings. The molecular weight excluding hydrogens is 261 g/mol. The topological polar surface area (TPSA) is 54.5 Å². The first kappa shape index (κ1) is 14.7. The van der Waals surface area contributed by atoms with Crippen molar-refractivity contribution in [1.82, 2.24) is 9.88 Å². The zero-order chi connectivity index (χ0) is 14.5. The number of nitrogens with zero attached hydrogens (tertiary/aromatic N) is 2. The van der Waals surface area contributed by atoms with Crippen LogP contribution in [0.4, 0.5) is 10.2 Å². The lowest BCUT2D eigenvalue weighted by Crippen LogP contribution is -2.36. The molecule has 5 nitrogen and oxygen atoms in total. The Balaban J connectivity index is 2.20. The number of halogens is 1. The first-order chi connectivity index (χ1) is 9.69. The van der Waals surface area contributed by atoms with Gasteiger partial charge in [0.1, 0.15) is 0 Å². The van der Waals surface area contributed by atoms with Gasteiger partial charge in [0, 0.05) is 32.4 Å². The fourth-order valence-corrected chi connectivity index (χ4v) is 2.08. The number of carbonyl (C=O) groups is 1. The Bertz CT molecular complexity index is 477. The lowest BCUT2D eigenvalue weighted by atomic mass is 10.2. The molecule has 110 valence electrons. The van der Waals surface area contributed by atoms with Gasteiger partial charge in [0.25, 0.3) is 5.91 Å². The molecule has 20 heavy (non-hydrogen) atoms. The predicted octanol–water partition coefficient (Wildman–Crippen LogP) is 1.90. The van der Waals surface area contributed by atoms with Crippen molar-refractivity contribution >= 4 is 11.7 Å².